The molecule has 124 valence electrons. The summed E-state index contributed by atoms with van der Waals surface area (Å²) in [6, 6.07) is 4.33. The number of fused-ring (bicyclic) bond motifs is 1. The van der Waals surface area contributed by atoms with Crippen LogP contribution in [0.2, 0.25) is 0 Å². The predicted molar refractivity (Wildman–Crippen MR) is 97.4 cm³/mol. The molecule has 4 heterocycles. The lowest BCUT2D eigenvalue weighted by Crippen LogP contribution is -2.44. The van der Waals surface area contributed by atoms with E-state index in [2.05, 4.69) is 47.7 Å². The molecule has 0 bridgehead atoms. The summed E-state index contributed by atoms with van der Waals surface area (Å²) in [5.74, 6) is 1.79. The lowest BCUT2D eigenvalue weighted by atomic mass is 10.0. The Bertz CT molecular complexity index is 826. The molecule has 1 aliphatic heterocycles. The van der Waals surface area contributed by atoms with E-state index in [1.54, 1.807) is 18.7 Å². The van der Waals surface area contributed by atoms with Crippen LogP contribution in [-0.2, 0) is 0 Å². The summed E-state index contributed by atoms with van der Waals surface area (Å²) in [5, 5.41) is 1.08. The number of furan rings is 1. The minimum absolute atomic E-state index is 0.436. The topological polar surface area (TPSA) is 58.3 Å². The fourth-order valence-electron chi connectivity index (χ4n) is 3.25. The maximum atomic E-state index is 5.48. The number of halogens is 1. The van der Waals surface area contributed by atoms with Gasteiger partial charge in [0.25, 0.3) is 0 Å². The average molecular weight is 388 g/mol. The fourth-order valence-corrected chi connectivity index (χ4v) is 3.45. The summed E-state index contributed by atoms with van der Waals surface area (Å²) >= 11 is 3.38. The van der Waals surface area contributed by atoms with Gasteiger partial charge in [-0.2, -0.15) is 0 Å². The van der Waals surface area contributed by atoms with Crippen LogP contribution in [0.4, 0.5) is 11.8 Å². The molecule has 7 heteroatoms. The molecule has 6 nitrogen and oxygen atoms in total. The number of nitrogens with zero attached hydrogens (tertiary/aromatic N) is 5. The normalized spacial score (nSPS) is 15.8. The third-order valence-electron chi connectivity index (χ3n) is 4.59. The van der Waals surface area contributed by atoms with Gasteiger partial charge in [-0.25, -0.2) is 15.0 Å². The second-order valence-electron chi connectivity index (χ2n) is 6.00. The first kappa shape index (κ1) is 15.4. The summed E-state index contributed by atoms with van der Waals surface area (Å²) < 4.78 is 6.38. The quantitative estimate of drug-likeness (QED) is 0.685. The molecule has 4 rings (SSSR count). The number of piperidine rings is 1. The van der Waals surface area contributed by atoms with Crippen molar-refractivity contribution in [3.8, 4) is 0 Å². The molecule has 0 aromatic carbocycles. The molecular formula is C17H18BrN5O. The van der Waals surface area contributed by atoms with Gasteiger partial charge >= 0.3 is 0 Å². The highest BCUT2D eigenvalue weighted by atomic mass is 79.9. The van der Waals surface area contributed by atoms with Gasteiger partial charge in [-0.1, -0.05) is 0 Å². The van der Waals surface area contributed by atoms with Crippen LogP contribution < -0.4 is 9.80 Å². The molecule has 0 atom stereocenters. The molecule has 0 radical (unpaired) electrons. The molecule has 24 heavy (non-hydrogen) atoms. The van der Waals surface area contributed by atoms with E-state index < -0.39 is 0 Å². The second-order valence-corrected chi connectivity index (χ2v) is 6.91. The van der Waals surface area contributed by atoms with E-state index in [0.29, 0.717) is 6.04 Å². The van der Waals surface area contributed by atoms with E-state index in [9.17, 15) is 0 Å². The maximum Gasteiger partial charge on any atom is 0.225 e. The molecule has 0 unspecified atom stereocenters. The van der Waals surface area contributed by atoms with Crippen molar-refractivity contribution in [2.75, 3.05) is 29.9 Å². The van der Waals surface area contributed by atoms with Gasteiger partial charge in [-0.15, -0.1) is 0 Å². The Labute approximate surface area is 148 Å². The highest BCUT2D eigenvalue weighted by molar-refractivity contribution is 9.10. The Morgan fingerprint density at radius 2 is 1.92 bits per heavy atom. The van der Waals surface area contributed by atoms with E-state index in [-0.39, 0.29) is 0 Å². The fraction of sp³-hybridized carbons (Fsp3) is 0.353. The van der Waals surface area contributed by atoms with Gasteiger partial charge in [0.15, 0.2) is 0 Å². The summed E-state index contributed by atoms with van der Waals surface area (Å²) in [5.41, 5.74) is 0.891. The van der Waals surface area contributed by atoms with Gasteiger partial charge in [-0.05, 0) is 40.9 Å². The minimum Gasteiger partial charge on any atom is -0.464 e. The third-order valence-corrected chi connectivity index (χ3v) is 5.00. The smallest absolute Gasteiger partial charge is 0.225 e. The minimum atomic E-state index is 0.436. The zero-order valence-electron chi connectivity index (χ0n) is 13.4. The molecule has 0 saturated carbocycles. The molecule has 1 fully saturated rings. The Balaban J connectivity index is 1.47. The Morgan fingerprint density at radius 1 is 1.17 bits per heavy atom. The Kier molecular flexibility index (Phi) is 4.10. The molecule has 3 aromatic heterocycles. The summed E-state index contributed by atoms with van der Waals surface area (Å²) in [6.07, 6.45) is 9.21. The number of anilines is 2. The summed E-state index contributed by atoms with van der Waals surface area (Å²) in [6.45, 7) is 1.92. The van der Waals surface area contributed by atoms with Crippen molar-refractivity contribution in [2.45, 2.75) is 18.9 Å². The molecular weight excluding hydrogens is 370 g/mol. The molecule has 1 saturated heterocycles. The maximum absolute atomic E-state index is 5.48. The first-order chi connectivity index (χ1) is 11.7. The van der Waals surface area contributed by atoms with Gasteiger partial charge in [0.2, 0.25) is 5.95 Å². The molecule has 0 amide bonds. The number of rotatable bonds is 3. The largest absolute Gasteiger partial charge is 0.464 e. The molecule has 1 aliphatic rings. The Morgan fingerprint density at radius 3 is 2.67 bits per heavy atom. The SMILES string of the molecule is CN(c1ncc(Br)cn1)C1CCN(c2nccc3occc23)CC1. The zero-order chi connectivity index (χ0) is 16.5. The third kappa shape index (κ3) is 2.84. The first-order valence-corrected chi connectivity index (χ1v) is 8.79. The standard InChI is InChI=1S/C17H18BrN5O/c1-22(17-20-10-12(18)11-21-17)13-3-7-23(8-4-13)16-14-5-9-24-15(14)2-6-19-16/h2,5-6,9-11,13H,3-4,7-8H2,1H3. The lowest BCUT2D eigenvalue weighted by molar-refractivity contribution is 0.476. The number of hydrogen-bond donors (Lipinski definition) is 0. The van der Waals surface area contributed by atoms with Crippen LogP contribution in [0.25, 0.3) is 11.0 Å². The van der Waals surface area contributed by atoms with Crippen LogP contribution in [0.3, 0.4) is 0 Å². The van der Waals surface area contributed by atoms with Crippen LogP contribution in [0.1, 0.15) is 12.8 Å². The van der Waals surface area contributed by atoms with E-state index in [0.717, 1.165) is 53.1 Å². The average Bonchev–Trinajstić information content (AvgIpc) is 3.11. The summed E-state index contributed by atoms with van der Waals surface area (Å²) in [4.78, 5) is 17.9. The van der Waals surface area contributed by atoms with Crippen molar-refractivity contribution in [1.29, 1.82) is 0 Å². The molecule has 3 aromatic rings. The second kappa shape index (κ2) is 6.39. The van der Waals surface area contributed by atoms with E-state index in [4.69, 9.17) is 4.42 Å². The number of pyridine rings is 1. The van der Waals surface area contributed by atoms with Crippen molar-refractivity contribution in [3.63, 3.8) is 0 Å². The van der Waals surface area contributed by atoms with E-state index in [1.165, 1.54) is 0 Å². The lowest BCUT2D eigenvalue weighted by Gasteiger charge is -2.37. The first-order valence-electron chi connectivity index (χ1n) is 8.00. The van der Waals surface area contributed by atoms with E-state index in [1.807, 2.05) is 18.3 Å². The van der Waals surface area contributed by atoms with Gasteiger partial charge in [0, 0.05) is 44.8 Å². The van der Waals surface area contributed by atoms with Crippen molar-refractivity contribution >= 4 is 38.7 Å². The van der Waals surface area contributed by atoms with Crippen molar-refractivity contribution in [1.82, 2.24) is 15.0 Å². The van der Waals surface area contributed by atoms with Crippen LogP contribution >= 0.6 is 15.9 Å². The molecule has 0 aliphatic carbocycles. The van der Waals surface area contributed by atoms with Crippen LogP contribution in [0.15, 0.2) is 45.9 Å². The summed E-state index contributed by atoms with van der Waals surface area (Å²) in [7, 11) is 2.07. The Hall–Kier alpha value is -2.15. The molecule has 0 N–H and O–H groups in total. The van der Waals surface area contributed by atoms with Crippen LogP contribution in [0, 0.1) is 0 Å². The van der Waals surface area contributed by atoms with Crippen molar-refractivity contribution in [3.05, 3.63) is 41.5 Å². The van der Waals surface area contributed by atoms with Crippen molar-refractivity contribution in [2.24, 2.45) is 0 Å². The number of aromatic nitrogens is 3. The monoisotopic (exact) mass is 387 g/mol. The van der Waals surface area contributed by atoms with Crippen LogP contribution in [0.5, 0.6) is 0 Å². The van der Waals surface area contributed by atoms with Gasteiger partial charge in [0.1, 0.15) is 11.4 Å². The number of hydrogen-bond acceptors (Lipinski definition) is 6. The van der Waals surface area contributed by atoms with Gasteiger partial charge < -0.3 is 14.2 Å². The van der Waals surface area contributed by atoms with Crippen LogP contribution in [-0.4, -0.2) is 41.1 Å². The predicted octanol–water partition coefficient (Wildman–Crippen LogP) is 3.49. The van der Waals surface area contributed by atoms with E-state index >= 15 is 0 Å². The van der Waals surface area contributed by atoms with Gasteiger partial charge in [0.05, 0.1) is 16.1 Å². The molecule has 0 spiro atoms. The highest BCUT2D eigenvalue weighted by Gasteiger charge is 2.25. The van der Waals surface area contributed by atoms with Crippen molar-refractivity contribution < 1.29 is 4.42 Å². The van der Waals surface area contributed by atoms with Gasteiger partial charge in [-0.3, -0.25) is 0 Å². The zero-order valence-corrected chi connectivity index (χ0v) is 15.0. The highest BCUT2D eigenvalue weighted by Crippen LogP contribution is 2.28.